The van der Waals surface area contributed by atoms with Crippen LogP contribution in [0.15, 0.2) is 54.1 Å². The molecule has 4 aliphatic carbocycles. The Morgan fingerprint density at radius 2 is 1.90 bits per heavy atom. The fourth-order valence-electron chi connectivity index (χ4n) is 8.28. The summed E-state index contributed by atoms with van der Waals surface area (Å²) in [5.74, 6) is 4.60. The number of benzene rings is 1. The summed E-state index contributed by atoms with van der Waals surface area (Å²) in [5.41, 5.74) is 1.73. The van der Waals surface area contributed by atoms with Gasteiger partial charge in [-0.1, -0.05) is 68.0 Å². The third-order valence-corrected chi connectivity index (χ3v) is 11.1. The third kappa shape index (κ3) is 3.38. The molecule has 0 nitrogen and oxygen atoms in total. The number of hydrogen-bond donors (Lipinski definition) is 0. The zero-order chi connectivity index (χ0) is 21.7. The van der Waals surface area contributed by atoms with Gasteiger partial charge in [0.2, 0.25) is 0 Å². The summed E-state index contributed by atoms with van der Waals surface area (Å²) in [7, 11) is 0. The summed E-state index contributed by atoms with van der Waals surface area (Å²) in [5, 5.41) is 0. The fourth-order valence-corrected chi connectivity index (χ4v) is 9.28. The van der Waals surface area contributed by atoms with Gasteiger partial charge in [0.25, 0.3) is 0 Å². The molecule has 2 heteroatoms. The van der Waals surface area contributed by atoms with Crippen LogP contribution in [0.1, 0.15) is 71.3 Å². The number of hydrogen-bond acceptors (Lipinski definition) is 1. The maximum absolute atomic E-state index is 17.0. The van der Waals surface area contributed by atoms with Gasteiger partial charge >= 0.3 is 0 Å². The van der Waals surface area contributed by atoms with Gasteiger partial charge in [-0.05, 0) is 92.3 Å². The van der Waals surface area contributed by atoms with Gasteiger partial charge in [0.15, 0.2) is 0 Å². The number of thioether (sulfide) groups is 1. The minimum atomic E-state index is -1.05. The Kier molecular flexibility index (Phi) is 5.69. The van der Waals surface area contributed by atoms with Crippen LogP contribution in [0.3, 0.4) is 0 Å². The second kappa shape index (κ2) is 8.08. The fraction of sp³-hybridized carbons (Fsp3) is 0.655. The Morgan fingerprint density at radius 3 is 2.71 bits per heavy atom. The van der Waals surface area contributed by atoms with Gasteiger partial charge in [-0.3, -0.25) is 0 Å². The van der Waals surface area contributed by atoms with Crippen molar-refractivity contribution in [3.63, 3.8) is 0 Å². The number of rotatable bonds is 5. The lowest BCUT2D eigenvalue weighted by atomic mass is 9.46. The highest BCUT2D eigenvalue weighted by Gasteiger charge is 2.66. The van der Waals surface area contributed by atoms with E-state index in [1.165, 1.54) is 29.7 Å². The molecule has 3 saturated carbocycles. The lowest BCUT2D eigenvalue weighted by Crippen LogP contribution is -2.59. The maximum Gasteiger partial charge on any atom is 0.126 e. The van der Waals surface area contributed by atoms with Crippen LogP contribution in [0.5, 0.6) is 0 Å². The molecule has 0 unspecified atom stereocenters. The zero-order valence-electron chi connectivity index (χ0n) is 19.6. The Hall–Kier alpha value is -1.02. The lowest BCUT2D eigenvalue weighted by molar-refractivity contribution is -0.126. The molecule has 0 heterocycles. The predicted molar refractivity (Wildman–Crippen MR) is 132 cm³/mol. The van der Waals surface area contributed by atoms with Gasteiger partial charge in [-0.2, -0.15) is 11.8 Å². The van der Waals surface area contributed by atoms with Crippen molar-refractivity contribution >= 4 is 11.8 Å². The normalized spacial score (nSPS) is 43.7. The van der Waals surface area contributed by atoms with Gasteiger partial charge < -0.3 is 0 Å². The van der Waals surface area contributed by atoms with Crippen LogP contribution in [0.25, 0.3) is 0 Å². The molecule has 3 fully saturated rings. The summed E-state index contributed by atoms with van der Waals surface area (Å²) >= 11 is 2.08. The smallest absolute Gasteiger partial charge is 0.126 e. The third-order valence-electron chi connectivity index (χ3n) is 10.00. The quantitative estimate of drug-likeness (QED) is 0.328. The van der Waals surface area contributed by atoms with Crippen molar-refractivity contribution in [3.8, 4) is 0 Å². The van der Waals surface area contributed by atoms with E-state index in [4.69, 9.17) is 0 Å². The SMILES string of the molecule is C[C@@H]1C[C@H]2[C@@H]3CCC4=CCC=C[C@]4(C)[C@@]3(F)CC[C@]2(C)[C@H]1CCSCc1ccccc1. The predicted octanol–water partition coefficient (Wildman–Crippen LogP) is 8.39. The summed E-state index contributed by atoms with van der Waals surface area (Å²) in [4.78, 5) is 0. The molecule has 0 aromatic heterocycles. The average Bonchev–Trinajstić information content (AvgIpc) is 3.02. The topological polar surface area (TPSA) is 0 Å². The average molecular weight is 439 g/mol. The lowest BCUT2D eigenvalue weighted by Gasteiger charge is -2.60. The highest BCUT2D eigenvalue weighted by Crippen LogP contribution is 2.70. The molecule has 168 valence electrons. The maximum atomic E-state index is 17.0. The molecule has 0 aliphatic heterocycles. The van der Waals surface area contributed by atoms with E-state index in [1.54, 1.807) is 0 Å². The van der Waals surface area contributed by atoms with Crippen molar-refractivity contribution in [3.05, 3.63) is 59.7 Å². The Morgan fingerprint density at radius 1 is 1.10 bits per heavy atom. The highest BCUT2D eigenvalue weighted by atomic mass is 32.2. The molecule has 0 radical (unpaired) electrons. The van der Waals surface area contributed by atoms with E-state index in [1.807, 2.05) is 0 Å². The van der Waals surface area contributed by atoms with Crippen molar-refractivity contribution in [1.82, 2.24) is 0 Å². The van der Waals surface area contributed by atoms with Crippen LogP contribution < -0.4 is 0 Å². The molecule has 0 amide bonds. The standard InChI is InChI=1S/C29H39FS/c1-21-19-26-25-13-12-23-11-7-8-15-28(23,3)29(25,30)17-16-27(26,2)24(21)14-18-31-20-22-9-5-4-6-10-22/h4-6,8-11,15,21,24-26H,7,12-14,16-20H2,1-3H3/t21-,24+,25+,26+,27-,28+,29-/m1/s1. The van der Waals surface area contributed by atoms with E-state index in [0.29, 0.717) is 11.3 Å². The van der Waals surface area contributed by atoms with E-state index >= 15 is 4.39 Å². The van der Waals surface area contributed by atoms with Gasteiger partial charge in [0.05, 0.1) is 0 Å². The molecule has 0 spiro atoms. The summed E-state index contributed by atoms with van der Waals surface area (Å²) in [6.07, 6.45) is 14.3. The van der Waals surface area contributed by atoms with Gasteiger partial charge in [0, 0.05) is 11.2 Å². The molecule has 7 atom stereocenters. The molecule has 31 heavy (non-hydrogen) atoms. The van der Waals surface area contributed by atoms with Gasteiger partial charge in [0.1, 0.15) is 5.67 Å². The Balaban J connectivity index is 1.30. The largest absolute Gasteiger partial charge is 0.242 e. The van der Waals surface area contributed by atoms with Crippen LogP contribution in [-0.4, -0.2) is 11.4 Å². The molecule has 1 aromatic carbocycles. The van der Waals surface area contributed by atoms with E-state index in [2.05, 4.69) is 81.1 Å². The van der Waals surface area contributed by atoms with Crippen molar-refractivity contribution in [2.45, 2.75) is 77.1 Å². The minimum Gasteiger partial charge on any atom is -0.242 e. The molecule has 0 saturated heterocycles. The zero-order valence-corrected chi connectivity index (χ0v) is 20.4. The molecule has 5 rings (SSSR count). The van der Waals surface area contributed by atoms with Crippen molar-refractivity contribution in [1.29, 1.82) is 0 Å². The van der Waals surface area contributed by atoms with Crippen LogP contribution in [-0.2, 0) is 5.75 Å². The second-order valence-electron chi connectivity index (χ2n) is 11.3. The number of allylic oxidation sites excluding steroid dienone is 4. The number of halogens is 1. The van der Waals surface area contributed by atoms with E-state index in [9.17, 15) is 0 Å². The first-order valence-corrected chi connectivity index (χ1v) is 13.7. The van der Waals surface area contributed by atoms with Gasteiger partial charge in [-0.25, -0.2) is 4.39 Å². The Bertz CT molecular complexity index is 859. The van der Waals surface area contributed by atoms with E-state index in [-0.39, 0.29) is 11.3 Å². The molecule has 4 aliphatic rings. The first kappa shape index (κ1) is 21.8. The van der Waals surface area contributed by atoms with Gasteiger partial charge in [-0.15, -0.1) is 0 Å². The molecule has 0 N–H and O–H groups in total. The first-order chi connectivity index (χ1) is 14.9. The number of fused-ring (bicyclic) bond motifs is 5. The first-order valence-electron chi connectivity index (χ1n) is 12.6. The molecule has 0 bridgehead atoms. The van der Waals surface area contributed by atoms with Crippen LogP contribution in [0.4, 0.5) is 4.39 Å². The number of alkyl halides is 1. The van der Waals surface area contributed by atoms with Crippen molar-refractivity contribution in [2.24, 2.45) is 34.5 Å². The van der Waals surface area contributed by atoms with E-state index < -0.39 is 5.67 Å². The second-order valence-corrected chi connectivity index (χ2v) is 12.4. The summed E-state index contributed by atoms with van der Waals surface area (Å²) in [6.45, 7) is 7.21. The summed E-state index contributed by atoms with van der Waals surface area (Å²) in [6, 6.07) is 10.8. The van der Waals surface area contributed by atoms with Crippen LogP contribution in [0.2, 0.25) is 0 Å². The van der Waals surface area contributed by atoms with Crippen LogP contribution in [0, 0.1) is 34.5 Å². The monoisotopic (exact) mass is 438 g/mol. The highest BCUT2D eigenvalue weighted by molar-refractivity contribution is 7.98. The van der Waals surface area contributed by atoms with Crippen molar-refractivity contribution < 1.29 is 4.39 Å². The minimum absolute atomic E-state index is 0.237. The summed E-state index contributed by atoms with van der Waals surface area (Å²) < 4.78 is 17.0. The molecular weight excluding hydrogens is 399 g/mol. The van der Waals surface area contributed by atoms with E-state index in [0.717, 1.165) is 49.7 Å². The molecule has 1 aromatic rings. The van der Waals surface area contributed by atoms with Crippen molar-refractivity contribution in [2.75, 3.05) is 5.75 Å². The molecular formula is C29H39FS. The van der Waals surface area contributed by atoms with Crippen LogP contribution >= 0.6 is 11.8 Å². The Labute approximate surface area is 193 Å².